The summed E-state index contributed by atoms with van der Waals surface area (Å²) in [6.07, 6.45) is -5.14. The van der Waals surface area contributed by atoms with Crippen molar-refractivity contribution in [3.8, 4) is 0 Å². The number of benzene rings is 1. The molecule has 0 saturated heterocycles. The van der Waals surface area contributed by atoms with Crippen molar-refractivity contribution in [2.24, 2.45) is 0 Å². The second kappa shape index (κ2) is 5.20. The summed E-state index contributed by atoms with van der Waals surface area (Å²) in [5.74, 6) is -1.40. The van der Waals surface area contributed by atoms with Gasteiger partial charge in [0, 0.05) is 0 Å². The first-order valence-electron chi connectivity index (χ1n) is 4.92. The van der Waals surface area contributed by atoms with E-state index in [0.717, 1.165) is 7.11 Å². The van der Waals surface area contributed by atoms with Gasteiger partial charge in [-0.1, -0.05) is 0 Å². The van der Waals surface area contributed by atoms with Crippen LogP contribution in [0.25, 0.3) is 0 Å². The molecule has 0 atom stereocenters. The maximum atomic E-state index is 12.6. The lowest BCUT2D eigenvalue weighted by Crippen LogP contribution is -2.24. The molecule has 1 aromatic rings. The van der Waals surface area contributed by atoms with Crippen LogP contribution in [0.2, 0.25) is 0 Å². The van der Waals surface area contributed by atoms with Crippen LogP contribution in [0.15, 0.2) is 23.1 Å². The highest BCUT2D eigenvalue weighted by molar-refractivity contribution is 7.92. The fourth-order valence-corrected chi connectivity index (χ4v) is 2.12. The topological polar surface area (TPSA) is 60.4 Å². The molecule has 0 unspecified atom stereocenters. The third-order valence-corrected chi connectivity index (χ3v) is 3.74. The van der Waals surface area contributed by atoms with Crippen molar-refractivity contribution in [2.45, 2.75) is 16.6 Å². The Morgan fingerprint density at radius 1 is 1.05 bits per heavy atom. The second-order valence-corrected chi connectivity index (χ2v) is 5.63. The van der Waals surface area contributed by atoms with E-state index in [1.54, 1.807) is 0 Å². The van der Waals surface area contributed by atoms with Gasteiger partial charge in [0.05, 0.1) is 23.1 Å². The monoisotopic (exact) mass is 336 g/mol. The molecule has 0 heterocycles. The van der Waals surface area contributed by atoms with Crippen LogP contribution in [-0.4, -0.2) is 27.0 Å². The Morgan fingerprint density at radius 2 is 1.57 bits per heavy atom. The lowest BCUT2D eigenvalue weighted by molar-refractivity contribution is -0.137. The van der Waals surface area contributed by atoms with Crippen molar-refractivity contribution in [3.63, 3.8) is 0 Å². The Balaban J connectivity index is 3.65. The van der Waals surface area contributed by atoms with Crippen LogP contribution < -0.4 is 0 Å². The Kier molecular flexibility index (Phi) is 4.28. The second-order valence-electron chi connectivity index (χ2n) is 3.68. The molecule has 1 rings (SSSR count). The number of carbonyl (C=O) groups is 1. The van der Waals surface area contributed by atoms with Crippen LogP contribution in [0.1, 0.15) is 15.9 Å². The largest absolute Gasteiger partial charge is 0.501 e. The number of alkyl halides is 6. The molecule has 4 nitrogen and oxygen atoms in total. The van der Waals surface area contributed by atoms with E-state index in [1.807, 2.05) is 0 Å². The fourth-order valence-electron chi connectivity index (χ4n) is 1.29. The molecule has 21 heavy (non-hydrogen) atoms. The molecule has 11 heteroatoms. The summed E-state index contributed by atoms with van der Waals surface area (Å²) in [4.78, 5) is 9.47. The van der Waals surface area contributed by atoms with Gasteiger partial charge in [0.15, 0.2) is 0 Å². The average molecular weight is 336 g/mol. The number of carbonyl (C=O) groups excluding carboxylic acids is 1. The number of hydrogen-bond donors (Lipinski definition) is 0. The first-order valence-corrected chi connectivity index (χ1v) is 6.41. The molecule has 0 aromatic heterocycles. The van der Waals surface area contributed by atoms with Crippen LogP contribution in [0.4, 0.5) is 26.3 Å². The van der Waals surface area contributed by atoms with E-state index in [1.165, 1.54) is 0 Å². The highest BCUT2D eigenvalue weighted by Crippen LogP contribution is 2.36. The average Bonchev–Trinajstić information content (AvgIpc) is 2.34. The number of hydrogen-bond acceptors (Lipinski definition) is 4. The van der Waals surface area contributed by atoms with E-state index < -0.39 is 43.5 Å². The summed E-state index contributed by atoms with van der Waals surface area (Å²) >= 11 is 0. The maximum absolute atomic E-state index is 12.6. The van der Waals surface area contributed by atoms with Crippen LogP contribution in [0, 0.1) is 0 Å². The molecular weight excluding hydrogens is 330 g/mol. The Labute approximate surface area is 114 Å². The Morgan fingerprint density at radius 3 is 1.95 bits per heavy atom. The van der Waals surface area contributed by atoms with Crippen molar-refractivity contribution in [1.29, 1.82) is 0 Å². The summed E-state index contributed by atoms with van der Waals surface area (Å²) in [7, 11) is -5.25. The van der Waals surface area contributed by atoms with Gasteiger partial charge in [0.1, 0.15) is 0 Å². The van der Waals surface area contributed by atoms with Gasteiger partial charge in [0.2, 0.25) is 0 Å². The quantitative estimate of drug-likeness (QED) is 0.615. The van der Waals surface area contributed by atoms with Gasteiger partial charge in [-0.15, -0.1) is 0 Å². The third kappa shape index (κ3) is 3.46. The minimum absolute atomic E-state index is 0.171. The van der Waals surface area contributed by atoms with Crippen LogP contribution in [-0.2, 0) is 20.8 Å². The number of esters is 1. The molecule has 0 fully saturated rings. The van der Waals surface area contributed by atoms with E-state index in [4.69, 9.17) is 0 Å². The molecule has 0 N–H and O–H groups in total. The van der Waals surface area contributed by atoms with Gasteiger partial charge in [0.25, 0.3) is 9.84 Å². The first-order chi connectivity index (χ1) is 9.30. The standard InChI is InChI=1S/C10H6F6O4S/c1-20-8(17)5-2-6(9(11,12)13)4-7(3-5)21(18,19)10(14,15)16/h2-4H,1H3. The molecule has 0 bridgehead atoms. The predicted molar refractivity (Wildman–Crippen MR) is 56.0 cm³/mol. The van der Waals surface area contributed by atoms with Gasteiger partial charge in [-0.3, -0.25) is 0 Å². The SMILES string of the molecule is COC(=O)c1cc(C(F)(F)F)cc(S(=O)(=O)C(F)(F)F)c1. The van der Waals surface area contributed by atoms with E-state index in [0.29, 0.717) is 0 Å². The van der Waals surface area contributed by atoms with Crippen molar-refractivity contribution in [3.05, 3.63) is 29.3 Å². The zero-order valence-electron chi connectivity index (χ0n) is 10.0. The minimum Gasteiger partial charge on any atom is -0.465 e. The number of ether oxygens (including phenoxy) is 1. The van der Waals surface area contributed by atoms with E-state index in [-0.39, 0.29) is 18.2 Å². The van der Waals surface area contributed by atoms with Crippen molar-refractivity contribution in [1.82, 2.24) is 0 Å². The number of halogens is 6. The minimum atomic E-state index is -6.03. The molecule has 0 radical (unpaired) electrons. The van der Waals surface area contributed by atoms with Crippen LogP contribution in [0.5, 0.6) is 0 Å². The van der Waals surface area contributed by atoms with Crippen LogP contribution in [0.3, 0.4) is 0 Å². The number of methoxy groups -OCH3 is 1. The van der Waals surface area contributed by atoms with E-state index >= 15 is 0 Å². The normalized spacial score (nSPS) is 13.1. The van der Waals surface area contributed by atoms with Crippen molar-refractivity contribution in [2.75, 3.05) is 7.11 Å². The Hall–Kier alpha value is -1.78. The van der Waals surface area contributed by atoms with E-state index in [9.17, 15) is 39.6 Å². The summed E-state index contributed by atoms with van der Waals surface area (Å²) in [5.41, 5.74) is -8.48. The number of sulfone groups is 1. The molecule has 118 valence electrons. The molecule has 1 aromatic carbocycles. The molecule has 0 aliphatic heterocycles. The lowest BCUT2D eigenvalue weighted by atomic mass is 10.1. The predicted octanol–water partition coefficient (Wildman–Crippen LogP) is 2.79. The molecule has 0 aliphatic carbocycles. The molecule has 0 spiro atoms. The zero-order chi connectivity index (χ0) is 16.6. The van der Waals surface area contributed by atoms with Gasteiger partial charge in [-0.25, -0.2) is 13.2 Å². The summed E-state index contributed by atoms with van der Waals surface area (Å²) in [5, 5.41) is 0. The van der Waals surface area contributed by atoms with Crippen molar-refractivity contribution < 1.29 is 44.3 Å². The summed E-state index contributed by atoms with van der Waals surface area (Å²) < 4.78 is 101. The third-order valence-electron chi connectivity index (χ3n) is 2.27. The lowest BCUT2D eigenvalue weighted by Gasteiger charge is -2.13. The van der Waals surface area contributed by atoms with Gasteiger partial charge < -0.3 is 4.74 Å². The van der Waals surface area contributed by atoms with Gasteiger partial charge in [-0.2, -0.15) is 26.3 Å². The van der Waals surface area contributed by atoms with E-state index in [2.05, 4.69) is 4.74 Å². The number of rotatable bonds is 2. The molecule has 0 saturated carbocycles. The van der Waals surface area contributed by atoms with Crippen molar-refractivity contribution >= 4 is 15.8 Å². The molecular formula is C10H6F6O4S. The fraction of sp³-hybridized carbons (Fsp3) is 0.300. The highest BCUT2D eigenvalue weighted by atomic mass is 32.2. The summed E-state index contributed by atoms with van der Waals surface area (Å²) in [6, 6.07) is 0.167. The van der Waals surface area contributed by atoms with Gasteiger partial charge in [-0.05, 0) is 18.2 Å². The highest BCUT2D eigenvalue weighted by Gasteiger charge is 2.48. The van der Waals surface area contributed by atoms with Gasteiger partial charge >= 0.3 is 17.7 Å². The Bertz CT molecular complexity index is 659. The smallest absolute Gasteiger partial charge is 0.465 e. The zero-order valence-corrected chi connectivity index (χ0v) is 10.9. The first kappa shape index (κ1) is 17.3. The maximum Gasteiger partial charge on any atom is 0.501 e. The summed E-state index contributed by atoms with van der Waals surface area (Å²) in [6.45, 7) is 0. The molecule has 0 amide bonds. The molecule has 0 aliphatic rings. The van der Waals surface area contributed by atoms with Crippen LogP contribution >= 0.6 is 0 Å².